The largest absolute Gasteiger partial charge is 0.466 e. The molecule has 2 aliphatic rings. The van der Waals surface area contributed by atoms with E-state index in [0.717, 1.165) is 12.1 Å². The summed E-state index contributed by atoms with van der Waals surface area (Å²) < 4.78 is 4.76. The summed E-state index contributed by atoms with van der Waals surface area (Å²) in [7, 11) is 1.26. The first-order valence-corrected chi connectivity index (χ1v) is 8.87. The number of carbonyl (C=O) groups is 3. The minimum atomic E-state index is -0.584. The molecule has 0 aliphatic carbocycles. The molecule has 2 heterocycles. The van der Waals surface area contributed by atoms with Gasteiger partial charge in [-0.3, -0.25) is 9.59 Å². The number of methoxy groups -OCH3 is 1. The maximum absolute atomic E-state index is 12.5. The number of hydrogen-bond donors (Lipinski definition) is 2. The number of nitrogens with zero attached hydrogens (tertiary/aromatic N) is 2. The van der Waals surface area contributed by atoms with Gasteiger partial charge in [0.1, 0.15) is 5.70 Å². The number of nitrogens with one attached hydrogen (secondary N) is 1. The predicted octanol–water partition coefficient (Wildman–Crippen LogP) is 0.875. The first-order chi connectivity index (χ1) is 13.0. The number of anilines is 2. The van der Waals surface area contributed by atoms with Crippen molar-refractivity contribution in [3.8, 4) is 0 Å². The van der Waals surface area contributed by atoms with E-state index >= 15 is 0 Å². The Morgan fingerprint density at radius 2 is 2.00 bits per heavy atom. The fourth-order valence-corrected chi connectivity index (χ4v) is 3.42. The van der Waals surface area contributed by atoms with E-state index < -0.39 is 5.97 Å². The number of esters is 1. The van der Waals surface area contributed by atoms with Crippen LogP contribution in [0.4, 0.5) is 11.4 Å². The van der Waals surface area contributed by atoms with Crippen LogP contribution in [-0.4, -0.2) is 60.6 Å². The van der Waals surface area contributed by atoms with Crippen LogP contribution in [0.3, 0.4) is 0 Å². The summed E-state index contributed by atoms with van der Waals surface area (Å²) in [5.74, 6) is -0.847. The Bertz CT molecular complexity index is 787. The molecule has 2 aliphatic heterocycles. The second-order valence-corrected chi connectivity index (χ2v) is 6.62. The van der Waals surface area contributed by atoms with Crippen LogP contribution in [0.2, 0.25) is 0 Å². The van der Waals surface area contributed by atoms with Crippen molar-refractivity contribution in [2.24, 2.45) is 0 Å². The molecule has 1 aromatic rings. The molecule has 0 saturated carbocycles. The molecular weight excluding hydrogens is 350 g/mol. The third kappa shape index (κ3) is 3.66. The third-order valence-corrected chi connectivity index (χ3v) is 4.85. The topological polar surface area (TPSA) is 99.2 Å². The van der Waals surface area contributed by atoms with Gasteiger partial charge in [-0.25, -0.2) is 4.79 Å². The summed E-state index contributed by atoms with van der Waals surface area (Å²) in [4.78, 5) is 39.7. The number of rotatable bonds is 6. The average Bonchev–Trinajstić information content (AvgIpc) is 3.16. The zero-order valence-electron chi connectivity index (χ0n) is 15.4. The Balaban J connectivity index is 1.81. The Hall–Kier alpha value is -2.87. The normalized spacial score (nSPS) is 19.9. The fourth-order valence-electron chi connectivity index (χ4n) is 3.42. The summed E-state index contributed by atoms with van der Waals surface area (Å²) in [5, 5.41) is 12.1. The van der Waals surface area contributed by atoms with Gasteiger partial charge in [0.15, 0.2) is 0 Å². The molecule has 0 radical (unpaired) electrons. The molecule has 0 aromatic heterocycles. The second kappa shape index (κ2) is 7.79. The van der Waals surface area contributed by atoms with Crippen molar-refractivity contribution in [2.75, 3.05) is 37.0 Å². The quantitative estimate of drug-likeness (QED) is 0.718. The maximum Gasteiger partial charge on any atom is 0.337 e. The SMILES string of the molecule is COC(=O)C1=C(Nc2ccc(N3C(=O)CCC3C)cc2)C(=O)N(CCO)C1. The highest BCUT2D eigenvalue weighted by Gasteiger charge is 2.34. The van der Waals surface area contributed by atoms with Crippen LogP contribution in [0.25, 0.3) is 0 Å². The number of benzene rings is 1. The third-order valence-electron chi connectivity index (χ3n) is 4.85. The molecule has 3 rings (SSSR count). The van der Waals surface area contributed by atoms with Crippen molar-refractivity contribution in [3.05, 3.63) is 35.5 Å². The molecule has 8 nitrogen and oxygen atoms in total. The number of amides is 2. The van der Waals surface area contributed by atoms with Crippen molar-refractivity contribution in [1.29, 1.82) is 0 Å². The molecule has 27 heavy (non-hydrogen) atoms. The first-order valence-electron chi connectivity index (χ1n) is 8.87. The number of carbonyl (C=O) groups excluding carboxylic acids is 3. The predicted molar refractivity (Wildman–Crippen MR) is 99.0 cm³/mol. The van der Waals surface area contributed by atoms with Gasteiger partial charge in [-0.2, -0.15) is 0 Å². The van der Waals surface area contributed by atoms with Gasteiger partial charge < -0.3 is 25.0 Å². The van der Waals surface area contributed by atoms with E-state index in [0.29, 0.717) is 12.1 Å². The molecule has 1 atom stereocenters. The lowest BCUT2D eigenvalue weighted by Gasteiger charge is -2.22. The number of hydrogen-bond acceptors (Lipinski definition) is 6. The van der Waals surface area contributed by atoms with Crippen LogP contribution in [0.5, 0.6) is 0 Å². The molecule has 1 saturated heterocycles. The highest BCUT2D eigenvalue weighted by atomic mass is 16.5. The molecule has 144 valence electrons. The van der Waals surface area contributed by atoms with Crippen LogP contribution in [0.1, 0.15) is 19.8 Å². The molecular formula is C19H23N3O5. The Morgan fingerprint density at radius 1 is 1.30 bits per heavy atom. The molecule has 0 spiro atoms. The number of ether oxygens (including phenoxy) is 1. The Kier molecular flexibility index (Phi) is 5.46. The summed E-state index contributed by atoms with van der Waals surface area (Å²) in [5.41, 5.74) is 1.79. The molecule has 0 bridgehead atoms. The van der Waals surface area contributed by atoms with Gasteiger partial charge in [0.2, 0.25) is 5.91 Å². The monoisotopic (exact) mass is 373 g/mol. The van der Waals surface area contributed by atoms with Crippen molar-refractivity contribution >= 4 is 29.2 Å². The second-order valence-electron chi connectivity index (χ2n) is 6.62. The van der Waals surface area contributed by atoms with Crippen LogP contribution < -0.4 is 10.2 Å². The van der Waals surface area contributed by atoms with Gasteiger partial charge in [-0.1, -0.05) is 0 Å². The number of aliphatic hydroxyl groups excluding tert-OH is 1. The Morgan fingerprint density at radius 3 is 2.56 bits per heavy atom. The highest BCUT2D eigenvalue weighted by Crippen LogP contribution is 2.29. The van der Waals surface area contributed by atoms with Gasteiger partial charge in [0, 0.05) is 30.4 Å². The summed E-state index contributed by atoms with van der Waals surface area (Å²) in [6.07, 6.45) is 1.38. The van der Waals surface area contributed by atoms with Crippen LogP contribution in [-0.2, 0) is 19.1 Å². The van der Waals surface area contributed by atoms with Gasteiger partial charge in [-0.15, -0.1) is 0 Å². The summed E-state index contributed by atoms with van der Waals surface area (Å²) in [6, 6.07) is 7.31. The van der Waals surface area contributed by atoms with Gasteiger partial charge in [0.05, 0.1) is 25.8 Å². The zero-order valence-corrected chi connectivity index (χ0v) is 15.4. The first kappa shape index (κ1) is 18.9. The zero-order chi connectivity index (χ0) is 19.6. The van der Waals surface area contributed by atoms with Crippen LogP contribution in [0.15, 0.2) is 35.5 Å². The van der Waals surface area contributed by atoms with E-state index in [1.165, 1.54) is 12.0 Å². The minimum absolute atomic E-state index is 0.0896. The van der Waals surface area contributed by atoms with Gasteiger partial charge in [-0.05, 0) is 37.6 Å². The molecule has 1 unspecified atom stereocenters. The molecule has 2 amide bonds. The average molecular weight is 373 g/mol. The molecule has 1 fully saturated rings. The van der Waals surface area contributed by atoms with Crippen molar-refractivity contribution in [1.82, 2.24) is 4.90 Å². The smallest absolute Gasteiger partial charge is 0.337 e. The molecule has 8 heteroatoms. The van der Waals surface area contributed by atoms with Crippen molar-refractivity contribution < 1.29 is 24.2 Å². The van der Waals surface area contributed by atoms with E-state index in [4.69, 9.17) is 9.84 Å². The number of aliphatic hydroxyl groups is 1. The lowest BCUT2D eigenvalue weighted by Crippen LogP contribution is -2.31. The van der Waals surface area contributed by atoms with Crippen molar-refractivity contribution in [2.45, 2.75) is 25.8 Å². The van der Waals surface area contributed by atoms with E-state index in [9.17, 15) is 14.4 Å². The van der Waals surface area contributed by atoms with Gasteiger partial charge in [0.25, 0.3) is 5.91 Å². The van der Waals surface area contributed by atoms with Crippen LogP contribution >= 0.6 is 0 Å². The lowest BCUT2D eigenvalue weighted by molar-refractivity contribution is -0.136. The molecule has 1 aromatic carbocycles. The fraction of sp³-hybridized carbons (Fsp3) is 0.421. The number of β-amino-alcohol motifs (C(OH)–C–C–N with tert-alkyl or cyclic N) is 1. The standard InChI is InChI=1S/C19H23N3O5/c1-12-3-8-16(24)22(12)14-6-4-13(5-7-14)20-17-15(19(26)27-2)11-21(9-10-23)18(17)25/h4-7,12,20,23H,3,8-11H2,1-2H3. The minimum Gasteiger partial charge on any atom is -0.466 e. The molecule has 2 N–H and O–H groups in total. The van der Waals surface area contributed by atoms with E-state index in [1.807, 2.05) is 19.1 Å². The highest BCUT2D eigenvalue weighted by molar-refractivity contribution is 6.08. The summed E-state index contributed by atoms with van der Waals surface area (Å²) >= 11 is 0. The Labute approximate surface area is 157 Å². The van der Waals surface area contributed by atoms with Gasteiger partial charge >= 0.3 is 5.97 Å². The van der Waals surface area contributed by atoms with Crippen LogP contribution in [0, 0.1) is 0 Å². The van der Waals surface area contributed by atoms with E-state index in [2.05, 4.69) is 5.32 Å². The maximum atomic E-state index is 12.5. The van der Waals surface area contributed by atoms with E-state index in [-0.39, 0.29) is 48.8 Å². The van der Waals surface area contributed by atoms with Crippen molar-refractivity contribution in [3.63, 3.8) is 0 Å². The lowest BCUT2D eigenvalue weighted by atomic mass is 10.2. The van der Waals surface area contributed by atoms with E-state index in [1.54, 1.807) is 17.0 Å². The summed E-state index contributed by atoms with van der Waals surface area (Å²) in [6.45, 7) is 2.05.